The Morgan fingerprint density at radius 1 is 2.00 bits per heavy atom. The van der Waals surface area contributed by atoms with E-state index in [4.69, 9.17) is 5.11 Å². The van der Waals surface area contributed by atoms with Crippen LogP contribution in [0.1, 0.15) is 0 Å². The number of carboxylic acid groups (broad SMARTS) is 1. The van der Waals surface area contributed by atoms with E-state index in [1.165, 1.54) is 0 Å². The van der Waals surface area contributed by atoms with E-state index in [1.807, 2.05) is 0 Å². The average Bonchev–Trinajstić information content (AvgIpc) is 1.27. The molecule has 0 aliphatic rings. The van der Waals surface area contributed by atoms with E-state index < -0.39 is 5.97 Å². The van der Waals surface area contributed by atoms with Gasteiger partial charge in [0.25, 0.3) is 6.21 Å². The van der Waals surface area contributed by atoms with Crippen molar-refractivity contribution >= 4 is 12.2 Å². The molecule has 0 aromatic carbocycles. The van der Waals surface area contributed by atoms with Gasteiger partial charge in [0.2, 0.25) is 0 Å². The molecule has 0 saturated heterocycles. The molecule has 0 atom stereocenters. The number of carboxylic acids is 1. The van der Waals surface area contributed by atoms with Gasteiger partial charge in [-0.2, -0.15) is 0 Å². The molecule has 0 aliphatic heterocycles. The third-order valence-electron chi connectivity index (χ3n) is 0.292. The van der Waals surface area contributed by atoms with Gasteiger partial charge >= 0.3 is 5.97 Å². The zero-order chi connectivity index (χ0) is 5.86. The van der Waals surface area contributed by atoms with Gasteiger partial charge in [0.1, 0.15) is 7.05 Å². The lowest BCUT2D eigenvalue weighted by Crippen LogP contribution is -2.05. The summed E-state index contributed by atoms with van der Waals surface area (Å²) in [5.74, 6) is -1.22. The van der Waals surface area contributed by atoms with E-state index in [9.17, 15) is 10.0 Å². The summed E-state index contributed by atoms with van der Waals surface area (Å²) >= 11 is 0. The van der Waals surface area contributed by atoms with Gasteiger partial charge in [-0.05, 0) is 0 Å². The van der Waals surface area contributed by atoms with Gasteiger partial charge in [-0.3, -0.25) is 0 Å². The van der Waals surface area contributed by atoms with Gasteiger partial charge in [0, 0.05) is 0 Å². The summed E-state index contributed by atoms with van der Waals surface area (Å²) in [4.78, 5) is 9.51. The van der Waals surface area contributed by atoms with Gasteiger partial charge in [-0.1, -0.05) is 0 Å². The normalized spacial score (nSPS) is 11.3. The fourth-order valence-electron chi connectivity index (χ4n) is 0.156. The van der Waals surface area contributed by atoms with Crippen molar-refractivity contribution in [2.24, 2.45) is 0 Å². The van der Waals surface area contributed by atoms with Crippen molar-refractivity contribution in [2.45, 2.75) is 0 Å². The molecule has 7 heavy (non-hydrogen) atoms. The molecular weight excluding hydrogens is 98.0 g/mol. The van der Waals surface area contributed by atoms with E-state index >= 15 is 0 Å². The molecule has 0 bridgehead atoms. The second-order valence-corrected chi connectivity index (χ2v) is 1.01. The molecule has 0 fully saturated rings. The Morgan fingerprint density at radius 2 is 2.43 bits per heavy atom. The molecule has 0 spiro atoms. The van der Waals surface area contributed by atoms with Crippen molar-refractivity contribution in [1.29, 1.82) is 0 Å². The second kappa shape index (κ2) is 2.17. The van der Waals surface area contributed by atoms with Crippen LogP contribution >= 0.6 is 0 Å². The predicted octanol–water partition coefficient (Wildman–Crippen LogP) is -0.718. The van der Waals surface area contributed by atoms with Gasteiger partial charge in [-0.25, -0.2) is 9.53 Å². The van der Waals surface area contributed by atoms with Gasteiger partial charge < -0.3 is 10.3 Å². The first-order valence-electron chi connectivity index (χ1n) is 1.60. The lowest BCUT2D eigenvalue weighted by Gasteiger charge is -1.88. The quantitative estimate of drug-likeness (QED) is 0.206. The Kier molecular flexibility index (Phi) is 1.84. The smallest absolute Gasteiger partial charge is 0.394 e. The van der Waals surface area contributed by atoms with Crippen molar-refractivity contribution in [2.75, 3.05) is 7.05 Å². The van der Waals surface area contributed by atoms with Crippen LogP contribution in [0.3, 0.4) is 0 Å². The van der Waals surface area contributed by atoms with Crippen LogP contribution in [0.25, 0.3) is 0 Å². The van der Waals surface area contributed by atoms with Crippen LogP contribution in [-0.4, -0.2) is 29.1 Å². The van der Waals surface area contributed by atoms with E-state index in [0.717, 1.165) is 7.05 Å². The number of rotatable bonds is 1. The molecule has 1 N–H and O–H groups in total. The highest BCUT2D eigenvalue weighted by Gasteiger charge is 1.89. The van der Waals surface area contributed by atoms with Gasteiger partial charge in [0.05, 0.1) is 0 Å². The molecule has 0 unspecified atom stereocenters. The van der Waals surface area contributed by atoms with Crippen LogP contribution in [0.5, 0.6) is 0 Å². The first kappa shape index (κ1) is 5.94. The van der Waals surface area contributed by atoms with Crippen LogP contribution in [0.4, 0.5) is 0 Å². The van der Waals surface area contributed by atoms with E-state index in [2.05, 4.69) is 0 Å². The Morgan fingerprint density at radius 3 is 2.43 bits per heavy atom. The predicted molar refractivity (Wildman–Crippen MR) is 23.3 cm³/mol. The summed E-state index contributed by atoms with van der Waals surface area (Å²) in [6, 6.07) is 0. The maximum absolute atomic E-state index is 9.73. The Labute approximate surface area is 40.3 Å². The number of hydrogen-bond donors (Lipinski definition) is 1. The summed E-state index contributed by atoms with van der Waals surface area (Å²) < 4.78 is 0.225. The number of nitrogens with zero attached hydrogens (tertiary/aromatic N) is 1. The highest BCUT2D eigenvalue weighted by molar-refractivity contribution is 6.19. The minimum absolute atomic E-state index is 0.225. The van der Waals surface area contributed by atoms with Crippen LogP contribution < -0.4 is 0 Å². The molecule has 0 rings (SSSR count). The minimum Gasteiger partial charge on any atom is -0.624 e. The molecule has 0 amide bonds. The summed E-state index contributed by atoms with van der Waals surface area (Å²) in [6.07, 6.45) is 0.528. The Hall–Kier alpha value is -1.06. The maximum atomic E-state index is 9.73. The van der Waals surface area contributed by atoms with Crippen molar-refractivity contribution in [3.63, 3.8) is 0 Å². The first-order valence-corrected chi connectivity index (χ1v) is 1.60. The van der Waals surface area contributed by atoms with Crippen LogP contribution in [-0.2, 0) is 4.79 Å². The van der Waals surface area contributed by atoms with Crippen molar-refractivity contribution in [1.82, 2.24) is 0 Å². The van der Waals surface area contributed by atoms with E-state index in [-0.39, 0.29) is 4.74 Å². The van der Waals surface area contributed by atoms with Crippen LogP contribution in [0.15, 0.2) is 0 Å². The molecule has 0 saturated carbocycles. The topological polar surface area (TPSA) is 63.4 Å². The third-order valence-corrected chi connectivity index (χ3v) is 0.292. The highest BCUT2D eigenvalue weighted by Crippen LogP contribution is 1.54. The van der Waals surface area contributed by atoms with Crippen molar-refractivity contribution in [3.05, 3.63) is 5.21 Å². The molecule has 0 aromatic rings. The lowest BCUT2D eigenvalue weighted by molar-refractivity contribution is -0.417. The fourth-order valence-corrected chi connectivity index (χ4v) is 0.156. The number of aliphatic carboxylic acids is 1. The lowest BCUT2D eigenvalue weighted by atomic mass is 10.8. The fraction of sp³-hybridized carbons (Fsp3) is 0.333. The van der Waals surface area contributed by atoms with Crippen LogP contribution in [0.2, 0.25) is 0 Å². The molecule has 4 nitrogen and oxygen atoms in total. The standard InChI is InChI=1S/C3H5NO3/c1-4(7)2-3(5)6/h2H,1H3,(H,5,6). The summed E-state index contributed by atoms with van der Waals surface area (Å²) in [7, 11) is 1.11. The number of hydroxylamine groups is 1. The third kappa shape index (κ3) is 4.94. The van der Waals surface area contributed by atoms with Crippen molar-refractivity contribution in [3.8, 4) is 0 Å². The second-order valence-electron chi connectivity index (χ2n) is 1.01. The minimum atomic E-state index is -1.22. The van der Waals surface area contributed by atoms with Gasteiger partial charge in [0.15, 0.2) is 0 Å². The summed E-state index contributed by atoms with van der Waals surface area (Å²) in [6.45, 7) is 0. The van der Waals surface area contributed by atoms with E-state index in [0.29, 0.717) is 6.21 Å². The Bertz CT molecular complexity index is 103. The molecule has 0 aliphatic carbocycles. The molecule has 0 aromatic heterocycles. The Balaban J connectivity index is 3.68. The van der Waals surface area contributed by atoms with Crippen molar-refractivity contribution < 1.29 is 14.6 Å². The largest absolute Gasteiger partial charge is 0.624 e. The first-order chi connectivity index (χ1) is 3.13. The van der Waals surface area contributed by atoms with Crippen LogP contribution in [0, 0.1) is 5.21 Å². The molecule has 40 valence electrons. The monoisotopic (exact) mass is 103 g/mol. The summed E-state index contributed by atoms with van der Waals surface area (Å²) in [5.41, 5.74) is 0. The molecule has 4 heteroatoms. The average molecular weight is 103 g/mol. The molecule has 0 heterocycles. The highest BCUT2D eigenvalue weighted by atomic mass is 16.5. The number of carbonyl (C=O) groups is 1. The molecule has 0 radical (unpaired) electrons. The number of hydrogen-bond acceptors (Lipinski definition) is 2. The zero-order valence-electron chi connectivity index (χ0n) is 3.79. The molecular formula is C3H5NO3. The zero-order valence-corrected chi connectivity index (χ0v) is 3.79. The maximum Gasteiger partial charge on any atom is 0.394 e. The SMILES string of the molecule is C[N+]([O-])=CC(=O)O. The van der Waals surface area contributed by atoms with E-state index in [1.54, 1.807) is 0 Å². The summed E-state index contributed by atoms with van der Waals surface area (Å²) in [5, 5.41) is 17.5. The van der Waals surface area contributed by atoms with Gasteiger partial charge in [-0.15, -0.1) is 0 Å².